The molecule has 1 N–H and O–H groups in total. The molecular formula is C11H15BrClNO. The third-order valence-electron chi connectivity index (χ3n) is 2.64. The first-order chi connectivity index (χ1) is 6.81. The summed E-state index contributed by atoms with van der Waals surface area (Å²) in [6.07, 6.45) is 2.51. The van der Waals surface area contributed by atoms with Crippen molar-refractivity contribution >= 4 is 28.3 Å². The molecule has 0 aliphatic carbocycles. The van der Waals surface area contributed by atoms with Crippen molar-refractivity contribution in [2.45, 2.75) is 18.9 Å². The highest BCUT2D eigenvalue weighted by Gasteiger charge is 2.16. The summed E-state index contributed by atoms with van der Waals surface area (Å²) in [6, 6.07) is 6.81. The van der Waals surface area contributed by atoms with Crippen LogP contribution in [0.4, 0.5) is 0 Å². The molecule has 1 aromatic carbocycles. The molecule has 0 radical (unpaired) electrons. The first kappa shape index (κ1) is 12.8. The molecule has 0 aromatic heterocycles. The maximum Gasteiger partial charge on any atom is 0.133 e. The van der Waals surface area contributed by atoms with Crippen molar-refractivity contribution in [3.63, 3.8) is 0 Å². The van der Waals surface area contributed by atoms with Gasteiger partial charge in [-0.2, -0.15) is 0 Å². The lowest BCUT2D eigenvalue weighted by atomic mass is 10.1. The highest BCUT2D eigenvalue weighted by molar-refractivity contribution is 9.10. The Kier molecular flexibility index (Phi) is 4.90. The van der Waals surface area contributed by atoms with Crippen molar-refractivity contribution in [3.05, 3.63) is 28.2 Å². The molecule has 84 valence electrons. The van der Waals surface area contributed by atoms with E-state index in [-0.39, 0.29) is 12.4 Å². The van der Waals surface area contributed by atoms with Gasteiger partial charge in [0.05, 0.1) is 11.6 Å². The smallest absolute Gasteiger partial charge is 0.133 e. The van der Waals surface area contributed by atoms with Gasteiger partial charge in [-0.3, -0.25) is 0 Å². The maximum absolute atomic E-state index is 5.20. The van der Waals surface area contributed by atoms with E-state index < -0.39 is 0 Å². The molecule has 2 rings (SSSR count). The van der Waals surface area contributed by atoms with Crippen molar-refractivity contribution in [3.8, 4) is 5.75 Å². The molecule has 4 heteroatoms. The van der Waals surface area contributed by atoms with Crippen LogP contribution in [-0.4, -0.2) is 13.7 Å². The molecule has 0 amide bonds. The molecule has 1 aliphatic rings. The van der Waals surface area contributed by atoms with Crippen LogP contribution in [0.1, 0.15) is 24.4 Å². The van der Waals surface area contributed by atoms with E-state index in [1.807, 2.05) is 6.07 Å². The molecular weight excluding hydrogens is 277 g/mol. The fraction of sp³-hybridized carbons (Fsp3) is 0.455. The van der Waals surface area contributed by atoms with Crippen molar-refractivity contribution < 1.29 is 4.74 Å². The summed E-state index contributed by atoms with van der Waals surface area (Å²) in [5.41, 5.74) is 1.34. The average Bonchev–Trinajstić information content (AvgIpc) is 2.70. The predicted octanol–water partition coefficient (Wildman–Crippen LogP) is 3.30. The number of hydrogen-bond donors (Lipinski definition) is 1. The van der Waals surface area contributed by atoms with Crippen LogP contribution in [-0.2, 0) is 0 Å². The van der Waals surface area contributed by atoms with Gasteiger partial charge in [-0.15, -0.1) is 12.4 Å². The Labute approximate surface area is 105 Å². The van der Waals surface area contributed by atoms with E-state index in [0.717, 1.165) is 16.8 Å². The van der Waals surface area contributed by atoms with E-state index in [0.29, 0.717) is 6.04 Å². The second kappa shape index (κ2) is 5.73. The van der Waals surface area contributed by atoms with Crippen molar-refractivity contribution in [2.24, 2.45) is 0 Å². The minimum Gasteiger partial charge on any atom is -0.496 e. The predicted molar refractivity (Wildman–Crippen MR) is 67.9 cm³/mol. The molecule has 0 bridgehead atoms. The SMILES string of the molecule is COc1ccc([C@@H]2CCCN2)cc1Br.Cl. The van der Waals surface area contributed by atoms with Crippen LogP contribution in [0.15, 0.2) is 22.7 Å². The van der Waals surface area contributed by atoms with Crippen LogP contribution in [0.2, 0.25) is 0 Å². The van der Waals surface area contributed by atoms with Gasteiger partial charge in [0.25, 0.3) is 0 Å². The van der Waals surface area contributed by atoms with Crippen LogP contribution in [0.25, 0.3) is 0 Å². The highest BCUT2D eigenvalue weighted by atomic mass is 79.9. The largest absolute Gasteiger partial charge is 0.496 e. The lowest BCUT2D eigenvalue weighted by Crippen LogP contribution is -2.12. The lowest BCUT2D eigenvalue weighted by molar-refractivity contribution is 0.411. The Bertz CT molecular complexity index is 326. The van der Waals surface area contributed by atoms with E-state index in [1.54, 1.807) is 7.11 Å². The van der Waals surface area contributed by atoms with E-state index in [4.69, 9.17) is 4.74 Å². The Morgan fingerprint density at radius 2 is 2.27 bits per heavy atom. The second-order valence-corrected chi connectivity index (χ2v) is 4.40. The maximum atomic E-state index is 5.20. The van der Waals surface area contributed by atoms with Gasteiger partial charge in [-0.25, -0.2) is 0 Å². The van der Waals surface area contributed by atoms with Gasteiger partial charge in [0.1, 0.15) is 5.75 Å². The molecule has 0 spiro atoms. The van der Waals surface area contributed by atoms with Crippen molar-refractivity contribution in [2.75, 3.05) is 13.7 Å². The molecule has 2 nitrogen and oxygen atoms in total. The molecule has 1 fully saturated rings. The van der Waals surface area contributed by atoms with Gasteiger partial charge >= 0.3 is 0 Å². The van der Waals surface area contributed by atoms with Gasteiger partial charge in [0.15, 0.2) is 0 Å². The van der Waals surface area contributed by atoms with Crippen LogP contribution < -0.4 is 10.1 Å². The van der Waals surface area contributed by atoms with Gasteiger partial charge < -0.3 is 10.1 Å². The fourth-order valence-electron chi connectivity index (χ4n) is 1.87. The number of halogens is 2. The van der Waals surface area contributed by atoms with E-state index in [2.05, 4.69) is 33.4 Å². The quantitative estimate of drug-likeness (QED) is 0.903. The summed E-state index contributed by atoms with van der Waals surface area (Å²) >= 11 is 3.50. The van der Waals surface area contributed by atoms with Crippen molar-refractivity contribution in [1.82, 2.24) is 5.32 Å². The first-order valence-corrected chi connectivity index (χ1v) is 5.67. The summed E-state index contributed by atoms with van der Waals surface area (Å²) < 4.78 is 6.23. The van der Waals surface area contributed by atoms with Gasteiger partial charge in [0, 0.05) is 6.04 Å². The van der Waals surface area contributed by atoms with Gasteiger partial charge in [-0.1, -0.05) is 6.07 Å². The average molecular weight is 293 g/mol. The summed E-state index contributed by atoms with van der Waals surface area (Å²) in [6.45, 7) is 1.13. The summed E-state index contributed by atoms with van der Waals surface area (Å²) in [4.78, 5) is 0. The lowest BCUT2D eigenvalue weighted by Gasteiger charge is -2.12. The zero-order valence-electron chi connectivity index (χ0n) is 8.63. The topological polar surface area (TPSA) is 21.3 Å². The molecule has 1 heterocycles. The fourth-order valence-corrected chi connectivity index (χ4v) is 2.43. The van der Waals surface area contributed by atoms with Crippen LogP contribution >= 0.6 is 28.3 Å². The Morgan fingerprint density at radius 3 is 2.80 bits per heavy atom. The standard InChI is InChI=1S/C11H14BrNO.ClH/c1-14-11-5-4-8(7-9(11)12)10-3-2-6-13-10;/h4-5,7,10,13H,2-3,6H2,1H3;1H/t10-;/m0./s1. The normalized spacial score (nSPS) is 19.7. The number of benzene rings is 1. The molecule has 1 atom stereocenters. The Balaban J connectivity index is 0.00000112. The number of rotatable bonds is 2. The van der Waals surface area contributed by atoms with Gasteiger partial charge in [-0.05, 0) is 53.0 Å². The summed E-state index contributed by atoms with van der Waals surface area (Å²) in [5.74, 6) is 0.895. The van der Waals surface area contributed by atoms with Gasteiger partial charge in [0.2, 0.25) is 0 Å². The highest BCUT2D eigenvalue weighted by Crippen LogP contribution is 2.30. The monoisotopic (exact) mass is 291 g/mol. The number of hydrogen-bond acceptors (Lipinski definition) is 2. The molecule has 0 unspecified atom stereocenters. The number of nitrogens with one attached hydrogen (secondary N) is 1. The molecule has 1 aliphatic heterocycles. The molecule has 1 saturated heterocycles. The Morgan fingerprint density at radius 1 is 1.47 bits per heavy atom. The molecule has 15 heavy (non-hydrogen) atoms. The van der Waals surface area contributed by atoms with Crippen LogP contribution in [0.5, 0.6) is 5.75 Å². The summed E-state index contributed by atoms with van der Waals surface area (Å²) in [7, 11) is 1.69. The molecule has 1 aromatic rings. The van der Waals surface area contributed by atoms with E-state index >= 15 is 0 Å². The third-order valence-corrected chi connectivity index (χ3v) is 3.26. The van der Waals surface area contributed by atoms with E-state index in [1.165, 1.54) is 18.4 Å². The minimum atomic E-state index is 0. The zero-order valence-corrected chi connectivity index (χ0v) is 11.0. The second-order valence-electron chi connectivity index (χ2n) is 3.54. The number of methoxy groups -OCH3 is 1. The van der Waals surface area contributed by atoms with E-state index in [9.17, 15) is 0 Å². The number of ether oxygens (including phenoxy) is 1. The van der Waals surface area contributed by atoms with Crippen LogP contribution in [0, 0.1) is 0 Å². The Hall–Kier alpha value is -0.250. The minimum absolute atomic E-state index is 0. The third kappa shape index (κ3) is 2.86. The first-order valence-electron chi connectivity index (χ1n) is 4.88. The zero-order chi connectivity index (χ0) is 9.97. The van der Waals surface area contributed by atoms with Crippen LogP contribution in [0.3, 0.4) is 0 Å². The van der Waals surface area contributed by atoms with Crippen molar-refractivity contribution in [1.29, 1.82) is 0 Å². The summed E-state index contributed by atoms with van der Waals surface area (Å²) in [5, 5.41) is 3.48. The molecule has 0 saturated carbocycles.